The van der Waals surface area contributed by atoms with Crippen LogP contribution in [-0.4, -0.2) is 43.0 Å². The average molecular weight is 188 g/mol. The molecule has 0 saturated heterocycles. The van der Waals surface area contributed by atoms with E-state index in [4.69, 9.17) is 10.5 Å². The monoisotopic (exact) mass is 188 g/mol. The molecule has 0 aromatic carbocycles. The van der Waals surface area contributed by atoms with Gasteiger partial charge in [0.2, 0.25) is 5.91 Å². The van der Waals surface area contributed by atoms with E-state index in [0.29, 0.717) is 6.61 Å². The van der Waals surface area contributed by atoms with E-state index >= 15 is 0 Å². The van der Waals surface area contributed by atoms with Crippen LogP contribution in [-0.2, 0) is 14.3 Å². The number of carbonyl (C=O) groups excluding carboxylic acids is 2. The summed E-state index contributed by atoms with van der Waals surface area (Å²) >= 11 is 0. The SMILES string of the molecule is CCOC(=O)C(C)N(C)CC(N)=O. The third kappa shape index (κ3) is 4.47. The molecule has 0 aliphatic heterocycles. The topological polar surface area (TPSA) is 72.6 Å². The quantitative estimate of drug-likeness (QED) is 0.582. The largest absolute Gasteiger partial charge is 0.465 e. The van der Waals surface area contributed by atoms with Crippen LogP contribution in [0.5, 0.6) is 0 Å². The number of carbonyl (C=O) groups is 2. The van der Waals surface area contributed by atoms with Crippen molar-refractivity contribution >= 4 is 11.9 Å². The fraction of sp³-hybridized carbons (Fsp3) is 0.750. The summed E-state index contributed by atoms with van der Waals surface area (Å²) in [5, 5.41) is 0. The van der Waals surface area contributed by atoms with Crippen LogP contribution in [0.3, 0.4) is 0 Å². The number of primary amides is 1. The summed E-state index contributed by atoms with van der Waals surface area (Å²) in [4.78, 5) is 23.2. The molecule has 1 atom stereocenters. The highest BCUT2D eigenvalue weighted by atomic mass is 16.5. The van der Waals surface area contributed by atoms with Crippen LogP contribution in [0.15, 0.2) is 0 Å². The number of hydrogen-bond acceptors (Lipinski definition) is 4. The Morgan fingerprint density at radius 3 is 2.46 bits per heavy atom. The zero-order chi connectivity index (χ0) is 10.4. The van der Waals surface area contributed by atoms with E-state index in [1.165, 1.54) is 0 Å². The van der Waals surface area contributed by atoms with Crippen LogP contribution in [0, 0.1) is 0 Å². The lowest BCUT2D eigenvalue weighted by atomic mass is 10.3. The smallest absolute Gasteiger partial charge is 0.323 e. The zero-order valence-corrected chi connectivity index (χ0v) is 8.24. The predicted molar refractivity (Wildman–Crippen MR) is 47.9 cm³/mol. The summed E-state index contributed by atoms with van der Waals surface area (Å²) in [5.74, 6) is -0.801. The molecule has 1 amide bonds. The highest BCUT2D eigenvalue weighted by Crippen LogP contribution is 1.97. The maximum atomic E-state index is 11.1. The Balaban J connectivity index is 4.00. The van der Waals surface area contributed by atoms with Gasteiger partial charge in [-0.15, -0.1) is 0 Å². The van der Waals surface area contributed by atoms with Gasteiger partial charge < -0.3 is 10.5 Å². The molecular formula is C8H16N2O3. The minimum atomic E-state index is -0.460. The Morgan fingerprint density at radius 2 is 2.08 bits per heavy atom. The number of hydrogen-bond donors (Lipinski definition) is 1. The van der Waals surface area contributed by atoms with Crippen molar-refractivity contribution in [2.24, 2.45) is 5.73 Å². The van der Waals surface area contributed by atoms with Crippen molar-refractivity contribution in [3.8, 4) is 0 Å². The van der Waals surface area contributed by atoms with Gasteiger partial charge in [-0.2, -0.15) is 0 Å². The molecule has 0 aliphatic carbocycles. The molecule has 0 radical (unpaired) electrons. The molecule has 0 saturated carbocycles. The summed E-state index contributed by atoms with van der Waals surface area (Å²) in [6, 6.07) is -0.438. The van der Waals surface area contributed by atoms with Crippen molar-refractivity contribution in [2.75, 3.05) is 20.2 Å². The van der Waals surface area contributed by atoms with Gasteiger partial charge in [0.05, 0.1) is 13.2 Å². The van der Waals surface area contributed by atoms with E-state index in [1.807, 2.05) is 0 Å². The summed E-state index contributed by atoms with van der Waals surface area (Å²) in [7, 11) is 1.65. The average Bonchev–Trinajstić information content (AvgIpc) is 2.02. The highest BCUT2D eigenvalue weighted by molar-refractivity contribution is 5.79. The number of esters is 1. The molecular weight excluding hydrogens is 172 g/mol. The van der Waals surface area contributed by atoms with Crippen molar-refractivity contribution < 1.29 is 14.3 Å². The molecule has 0 bridgehead atoms. The van der Waals surface area contributed by atoms with Crippen LogP contribution in [0.2, 0.25) is 0 Å². The molecule has 5 nitrogen and oxygen atoms in total. The Bertz CT molecular complexity index is 194. The Hall–Kier alpha value is -1.10. The van der Waals surface area contributed by atoms with Gasteiger partial charge in [-0.3, -0.25) is 14.5 Å². The van der Waals surface area contributed by atoms with Crippen LogP contribution in [0.25, 0.3) is 0 Å². The fourth-order valence-electron chi connectivity index (χ4n) is 0.826. The van der Waals surface area contributed by atoms with Gasteiger partial charge in [0, 0.05) is 0 Å². The number of likely N-dealkylation sites (N-methyl/N-ethyl adjacent to an activating group) is 1. The fourth-order valence-corrected chi connectivity index (χ4v) is 0.826. The first-order valence-electron chi connectivity index (χ1n) is 4.14. The molecule has 13 heavy (non-hydrogen) atoms. The van der Waals surface area contributed by atoms with Crippen molar-refractivity contribution in [1.82, 2.24) is 4.90 Å². The molecule has 0 aromatic rings. The second-order valence-electron chi connectivity index (χ2n) is 2.81. The Morgan fingerprint density at radius 1 is 1.54 bits per heavy atom. The van der Waals surface area contributed by atoms with E-state index in [2.05, 4.69) is 0 Å². The Labute approximate surface area is 77.8 Å². The number of ether oxygens (including phenoxy) is 1. The van der Waals surface area contributed by atoms with Crippen LogP contribution in [0.1, 0.15) is 13.8 Å². The maximum absolute atomic E-state index is 11.1. The third-order valence-electron chi connectivity index (χ3n) is 1.69. The second-order valence-corrected chi connectivity index (χ2v) is 2.81. The van der Waals surface area contributed by atoms with Gasteiger partial charge in [-0.05, 0) is 20.9 Å². The van der Waals surface area contributed by atoms with Crippen LogP contribution in [0.4, 0.5) is 0 Å². The number of amides is 1. The first kappa shape index (κ1) is 11.9. The van der Waals surface area contributed by atoms with E-state index in [-0.39, 0.29) is 12.5 Å². The molecule has 76 valence electrons. The highest BCUT2D eigenvalue weighted by Gasteiger charge is 2.19. The molecule has 0 aliphatic rings. The first-order chi connectivity index (χ1) is 5.99. The summed E-state index contributed by atoms with van der Waals surface area (Å²) in [5.41, 5.74) is 4.97. The zero-order valence-electron chi connectivity index (χ0n) is 8.24. The van der Waals surface area contributed by atoms with Gasteiger partial charge in [0.15, 0.2) is 0 Å². The van der Waals surface area contributed by atoms with Crippen LogP contribution >= 0.6 is 0 Å². The molecule has 0 spiro atoms. The molecule has 1 unspecified atom stereocenters. The minimum Gasteiger partial charge on any atom is -0.465 e. The second kappa shape index (κ2) is 5.53. The van der Waals surface area contributed by atoms with E-state index in [9.17, 15) is 9.59 Å². The Kier molecular flexibility index (Phi) is 5.06. The van der Waals surface area contributed by atoms with Gasteiger partial charge in [-0.1, -0.05) is 0 Å². The van der Waals surface area contributed by atoms with Gasteiger partial charge in [0.1, 0.15) is 6.04 Å². The minimum absolute atomic E-state index is 0.0555. The predicted octanol–water partition coefficient (Wildman–Crippen LogP) is -0.645. The van der Waals surface area contributed by atoms with Gasteiger partial charge in [-0.25, -0.2) is 0 Å². The number of rotatable bonds is 5. The molecule has 0 aromatic heterocycles. The summed E-state index contributed by atoms with van der Waals surface area (Å²) < 4.78 is 4.77. The van der Waals surface area contributed by atoms with Crippen molar-refractivity contribution in [2.45, 2.75) is 19.9 Å². The van der Waals surface area contributed by atoms with Crippen molar-refractivity contribution in [3.05, 3.63) is 0 Å². The molecule has 5 heteroatoms. The van der Waals surface area contributed by atoms with E-state index in [1.54, 1.807) is 25.8 Å². The van der Waals surface area contributed by atoms with Crippen LogP contribution < -0.4 is 5.73 Å². The van der Waals surface area contributed by atoms with E-state index < -0.39 is 11.9 Å². The third-order valence-corrected chi connectivity index (χ3v) is 1.69. The molecule has 2 N–H and O–H groups in total. The van der Waals surface area contributed by atoms with Crippen molar-refractivity contribution in [1.29, 1.82) is 0 Å². The van der Waals surface area contributed by atoms with Gasteiger partial charge in [0.25, 0.3) is 0 Å². The molecule has 0 fully saturated rings. The lowest BCUT2D eigenvalue weighted by Crippen LogP contribution is -2.41. The number of nitrogens with two attached hydrogens (primary N) is 1. The standard InChI is InChI=1S/C8H16N2O3/c1-4-13-8(12)6(2)10(3)5-7(9)11/h6H,4-5H2,1-3H3,(H2,9,11). The summed E-state index contributed by atoms with van der Waals surface area (Å²) in [6.45, 7) is 3.80. The molecule has 0 heterocycles. The maximum Gasteiger partial charge on any atom is 0.323 e. The lowest BCUT2D eigenvalue weighted by Gasteiger charge is -2.20. The van der Waals surface area contributed by atoms with Crippen molar-refractivity contribution in [3.63, 3.8) is 0 Å². The van der Waals surface area contributed by atoms with E-state index in [0.717, 1.165) is 0 Å². The first-order valence-corrected chi connectivity index (χ1v) is 4.14. The number of nitrogens with zero attached hydrogens (tertiary/aromatic N) is 1. The summed E-state index contributed by atoms with van der Waals surface area (Å²) in [6.07, 6.45) is 0. The lowest BCUT2D eigenvalue weighted by molar-refractivity contribution is -0.148. The normalized spacial score (nSPS) is 12.6. The van der Waals surface area contributed by atoms with Gasteiger partial charge >= 0.3 is 5.97 Å². The molecule has 0 rings (SSSR count).